The lowest BCUT2D eigenvalue weighted by Crippen LogP contribution is -2.29. The molecule has 1 atom stereocenters. The fourth-order valence-corrected chi connectivity index (χ4v) is 3.13. The quantitative estimate of drug-likeness (QED) is 0.675. The summed E-state index contributed by atoms with van der Waals surface area (Å²) in [6.45, 7) is 7.07. The molecule has 0 amide bonds. The van der Waals surface area contributed by atoms with Crippen LogP contribution in [0.15, 0.2) is 36.9 Å². The molecule has 0 saturated heterocycles. The topological polar surface area (TPSA) is 34.8 Å². The third-order valence-electron chi connectivity index (χ3n) is 4.48. The molecule has 2 heterocycles. The summed E-state index contributed by atoms with van der Waals surface area (Å²) in [5.41, 5.74) is 2.53. The van der Waals surface area contributed by atoms with Crippen molar-refractivity contribution < 1.29 is 13.2 Å². The normalized spacial score (nSPS) is 12.5. The number of imidazole rings is 1. The Balaban J connectivity index is 1.79. The second-order valence-electron chi connectivity index (χ2n) is 6.47. The minimum atomic E-state index is -1.45. The summed E-state index contributed by atoms with van der Waals surface area (Å²) >= 11 is 0. The van der Waals surface area contributed by atoms with Crippen molar-refractivity contribution in [3.8, 4) is 5.69 Å². The lowest BCUT2D eigenvalue weighted by atomic mass is 10.2. The molecule has 0 spiro atoms. The van der Waals surface area contributed by atoms with Gasteiger partial charge >= 0.3 is 0 Å². The Labute approximate surface area is 150 Å². The third kappa shape index (κ3) is 3.53. The SMILES string of the molecule is Cc1cc(CN[C@@H](C)Cn2ccnc2)c(C)n1-c1ccc(F)c(F)c1F. The van der Waals surface area contributed by atoms with Crippen LogP contribution in [0.5, 0.6) is 0 Å². The smallest absolute Gasteiger partial charge is 0.196 e. The van der Waals surface area contributed by atoms with Crippen molar-refractivity contribution in [2.24, 2.45) is 0 Å². The van der Waals surface area contributed by atoms with Crippen molar-refractivity contribution in [1.82, 2.24) is 19.4 Å². The summed E-state index contributed by atoms with van der Waals surface area (Å²) in [6, 6.07) is 4.32. The molecule has 0 unspecified atom stereocenters. The highest BCUT2D eigenvalue weighted by Gasteiger charge is 2.19. The average molecular weight is 362 g/mol. The zero-order valence-electron chi connectivity index (χ0n) is 14.9. The van der Waals surface area contributed by atoms with Crippen molar-refractivity contribution in [1.29, 1.82) is 0 Å². The van der Waals surface area contributed by atoms with Crippen LogP contribution in [0.25, 0.3) is 5.69 Å². The van der Waals surface area contributed by atoms with Crippen LogP contribution in [0.4, 0.5) is 13.2 Å². The highest BCUT2D eigenvalue weighted by Crippen LogP contribution is 2.25. The van der Waals surface area contributed by atoms with E-state index in [-0.39, 0.29) is 11.7 Å². The van der Waals surface area contributed by atoms with Gasteiger partial charge in [0.25, 0.3) is 0 Å². The lowest BCUT2D eigenvalue weighted by molar-refractivity contribution is 0.444. The molecule has 0 aliphatic carbocycles. The standard InChI is InChI=1S/C19H21F3N4/c1-12(10-25-7-6-23-11-25)24-9-15-8-13(2)26(14(15)3)17-5-4-16(20)18(21)19(17)22/h4-8,11-12,24H,9-10H2,1-3H3/t12-/m0/s1. The van der Waals surface area contributed by atoms with Gasteiger partial charge in [-0.25, -0.2) is 18.2 Å². The van der Waals surface area contributed by atoms with Crippen LogP contribution in [0.1, 0.15) is 23.9 Å². The molecule has 2 aromatic heterocycles. The first-order valence-corrected chi connectivity index (χ1v) is 8.39. The average Bonchev–Trinajstić information content (AvgIpc) is 3.20. The number of benzene rings is 1. The molecule has 0 radical (unpaired) electrons. The molecule has 0 fully saturated rings. The fraction of sp³-hybridized carbons (Fsp3) is 0.316. The Kier molecular flexibility index (Phi) is 5.18. The van der Waals surface area contributed by atoms with Gasteiger partial charge in [0, 0.05) is 42.9 Å². The maximum absolute atomic E-state index is 14.2. The van der Waals surface area contributed by atoms with E-state index in [4.69, 9.17) is 0 Å². The first-order valence-electron chi connectivity index (χ1n) is 8.39. The lowest BCUT2D eigenvalue weighted by Gasteiger charge is -2.15. The highest BCUT2D eigenvalue weighted by molar-refractivity contribution is 5.42. The molecular formula is C19H21F3N4. The molecule has 7 heteroatoms. The first-order chi connectivity index (χ1) is 12.4. The van der Waals surface area contributed by atoms with Crippen LogP contribution < -0.4 is 5.32 Å². The van der Waals surface area contributed by atoms with E-state index in [1.807, 2.05) is 30.7 Å². The minimum Gasteiger partial charge on any atom is -0.336 e. The number of nitrogens with one attached hydrogen (secondary N) is 1. The zero-order valence-corrected chi connectivity index (χ0v) is 14.9. The number of aromatic nitrogens is 3. The van der Waals surface area contributed by atoms with Crippen molar-refractivity contribution >= 4 is 0 Å². The predicted octanol–water partition coefficient (Wildman–Crippen LogP) is 3.89. The van der Waals surface area contributed by atoms with Gasteiger partial charge in [-0.15, -0.1) is 0 Å². The van der Waals surface area contributed by atoms with E-state index >= 15 is 0 Å². The molecule has 1 aromatic carbocycles. The molecule has 0 saturated carbocycles. The van der Waals surface area contributed by atoms with Crippen molar-refractivity contribution in [3.05, 3.63) is 71.3 Å². The van der Waals surface area contributed by atoms with Crippen molar-refractivity contribution in [2.75, 3.05) is 0 Å². The summed E-state index contributed by atoms with van der Waals surface area (Å²) in [5.74, 6) is -3.83. The minimum absolute atomic E-state index is 0.0108. The number of aryl methyl sites for hydroxylation is 1. The summed E-state index contributed by atoms with van der Waals surface area (Å²) in [7, 11) is 0. The van der Waals surface area contributed by atoms with Gasteiger partial charge in [0.15, 0.2) is 17.5 Å². The van der Waals surface area contributed by atoms with Gasteiger partial charge in [-0.3, -0.25) is 0 Å². The largest absolute Gasteiger partial charge is 0.336 e. The molecule has 0 aliphatic heterocycles. The molecule has 3 aromatic rings. The van der Waals surface area contributed by atoms with Gasteiger partial charge in [-0.1, -0.05) is 0 Å². The monoisotopic (exact) mass is 362 g/mol. The maximum Gasteiger partial charge on any atom is 0.196 e. The van der Waals surface area contributed by atoms with E-state index in [0.29, 0.717) is 6.54 Å². The van der Waals surface area contributed by atoms with Crippen LogP contribution in [-0.4, -0.2) is 20.2 Å². The Morgan fingerprint density at radius 2 is 1.92 bits per heavy atom. The molecule has 1 N–H and O–H groups in total. The molecular weight excluding hydrogens is 341 g/mol. The van der Waals surface area contributed by atoms with E-state index in [2.05, 4.69) is 17.2 Å². The van der Waals surface area contributed by atoms with Crippen LogP contribution in [0.3, 0.4) is 0 Å². The second-order valence-corrected chi connectivity index (χ2v) is 6.47. The summed E-state index contributed by atoms with van der Waals surface area (Å²) in [6.07, 6.45) is 5.39. The number of hydrogen-bond donors (Lipinski definition) is 1. The van der Waals surface area contributed by atoms with Gasteiger partial charge in [0.2, 0.25) is 0 Å². The van der Waals surface area contributed by atoms with E-state index in [0.717, 1.165) is 29.6 Å². The van der Waals surface area contributed by atoms with Crippen molar-refractivity contribution in [2.45, 2.75) is 39.9 Å². The molecule has 4 nitrogen and oxygen atoms in total. The van der Waals surface area contributed by atoms with Gasteiger partial charge in [0.1, 0.15) is 0 Å². The van der Waals surface area contributed by atoms with E-state index in [9.17, 15) is 13.2 Å². The van der Waals surface area contributed by atoms with Crippen molar-refractivity contribution in [3.63, 3.8) is 0 Å². The molecule has 0 bridgehead atoms. The van der Waals surface area contributed by atoms with Gasteiger partial charge in [-0.05, 0) is 44.5 Å². The molecule has 138 valence electrons. The zero-order chi connectivity index (χ0) is 18.8. The van der Waals surface area contributed by atoms with Gasteiger partial charge in [0.05, 0.1) is 12.0 Å². The van der Waals surface area contributed by atoms with E-state index in [1.54, 1.807) is 17.1 Å². The Hall–Kier alpha value is -2.54. The molecule has 26 heavy (non-hydrogen) atoms. The van der Waals surface area contributed by atoms with Crippen LogP contribution in [-0.2, 0) is 13.1 Å². The number of nitrogens with zero attached hydrogens (tertiary/aromatic N) is 3. The Morgan fingerprint density at radius 3 is 2.62 bits per heavy atom. The summed E-state index contributed by atoms with van der Waals surface area (Å²) < 4.78 is 44.6. The second kappa shape index (κ2) is 7.37. The molecule has 0 aliphatic rings. The maximum atomic E-state index is 14.2. The number of hydrogen-bond acceptors (Lipinski definition) is 2. The highest BCUT2D eigenvalue weighted by atomic mass is 19.2. The summed E-state index contributed by atoms with van der Waals surface area (Å²) in [5, 5.41) is 3.42. The van der Waals surface area contributed by atoms with Crippen LogP contribution >= 0.6 is 0 Å². The predicted molar refractivity (Wildman–Crippen MR) is 93.6 cm³/mol. The molecule has 3 rings (SSSR count). The van der Waals surface area contributed by atoms with E-state index in [1.165, 1.54) is 6.07 Å². The van der Waals surface area contributed by atoms with E-state index < -0.39 is 17.5 Å². The van der Waals surface area contributed by atoms with Gasteiger partial charge in [-0.2, -0.15) is 0 Å². The first kappa shape index (κ1) is 18.3. The number of rotatable bonds is 6. The Bertz CT molecular complexity index is 900. The fourth-order valence-electron chi connectivity index (χ4n) is 3.13. The Morgan fingerprint density at radius 1 is 1.15 bits per heavy atom. The number of halogens is 3. The third-order valence-corrected chi connectivity index (χ3v) is 4.48. The van der Waals surface area contributed by atoms with Gasteiger partial charge < -0.3 is 14.5 Å². The van der Waals surface area contributed by atoms with Crippen LogP contribution in [0, 0.1) is 31.3 Å². The van der Waals surface area contributed by atoms with Crippen LogP contribution in [0.2, 0.25) is 0 Å². The summed E-state index contributed by atoms with van der Waals surface area (Å²) in [4.78, 5) is 4.02.